The smallest absolute Gasteiger partial charge is 0.299 e. The van der Waals surface area contributed by atoms with Gasteiger partial charge < -0.3 is 10.4 Å². The predicted octanol–water partition coefficient (Wildman–Crippen LogP) is 2.08. The van der Waals surface area contributed by atoms with Crippen LogP contribution in [0.3, 0.4) is 0 Å². The molecule has 0 atom stereocenters. The zero-order chi connectivity index (χ0) is 14.3. The van der Waals surface area contributed by atoms with E-state index >= 15 is 0 Å². The molecule has 19 heavy (non-hydrogen) atoms. The number of rotatable bonds is 8. The maximum absolute atomic E-state index is 10.8. The minimum atomic E-state index is -0.650. The molecule has 0 spiro atoms. The number of hydrogen-bond donors (Lipinski definition) is 2. The third-order valence-corrected chi connectivity index (χ3v) is 2.55. The average molecular weight is 269 g/mol. The van der Waals surface area contributed by atoms with E-state index in [-0.39, 0.29) is 23.7 Å². The molecule has 0 unspecified atom stereocenters. The van der Waals surface area contributed by atoms with Crippen LogP contribution < -0.4 is 5.32 Å². The van der Waals surface area contributed by atoms with Crippen molar-refractivity contribution in [2.45, 2.75) is 19.3 Å². The molecule has 0 saturated heterocycles. The summed E-state index contributed by atoms with van der Waals surface area (Å²) >= 11 is 0. The zero-order valence-electron chi connectivity index (χ0n) is 10.2. The van der Waals surface area contributed by atoms with Crippen molar-refractivity contribution in [3.63, 3.8) is 0 Å². The third-order valence-electron chi connectivity index (χ3n) is 2.55. The number of unbranched alkanes of at least 4 members (excludes halogenated alkanes) is 2. The maximum atomic E-state index is 10.8. The fourth-order valence-corrected chi connectivity index (χ4v) is 1.64. The van der Waals surface area contributed by atoms with Crippen molar-refractivity contribution in [2.24, 2.45) is 0 Å². The van der Waals surface area contributed by atoms with Gasteiger partial charge in [-0.3, -0.25) is 20.2 Å². The quantitative estimate of drug-likeness (QED) is 0.423. The van der Waals surface area contributed by atoms with Crippen molar-refractivity contribution in [3.8, 4) is 0 Å². The predicted molar refractivity (Wildman–Crippen MR) is 69.2 cm³/mol. The Bertz CT molecular complexity index is 431. The molecule has 1 aromatic rings. The Morgan fingerprint density at radius 2 is 1.63 bits per heavy atom. The van der Waals surface area contributed by atoms with E-state index in [1.807, 2.05) is 0 Å². The van der Waals surface area contributed by atoms with E-state index < -0.39 is 9.85 Å². The first-order chi connectivity index (χ1) is 9.07. The van der Waals surface area contributed by atoms with Gasteiger partial charge in [0.2, 0.25) is 0 Å². The normalized spacial score (nSPS) is 10.2. The molecular weight excluding hydrogens is 254 g/mol. The van der Waals surface area contributed by atoms with Gasteiger partial charge >= 0.3 is 0 Å². The van der Waals surface area contributed by atoms with Crippen LogP contribution in [0.1, 0.15) is 19.3 Å². The number of benzene rings is 1. The van der Waals surface area contributed by atoms with Crippen LogP contribution in [0, 0.1) is 20.2 Å². The number of hydrogen-bond acceptors (Lipinski definition) is 6. The van der Waals surface area contributed by atoms with Gasteiger partial charge in [-0.25, -0.2) is 0 Å². The van der Waals surface area contributed by atoms with E-state index in [2.05, 4.69) is 5.32 Å². The first kappa shape index (κ1) is 14.8. The Hall–Kier alpha value is -2.22. The van der Waals surface area contributed by atoms with Crippen LogP contribution in [0.25, 0.3) is 0 Å². The number of nitrogens with zero attached hydrogens (tertiary/aromatic N) is 2. The third kappa shape index (κ3) is 4.18. The first-order valence-electron chi connectivity index (χ1n) is 5.84. The Morgan fingerprint density at radius 1 is 1.05 bits per heavy atom. The van der Waals surface area contributed by atoms with Crippen molar-refractivity contribution in [1.82, 2.24) is 0 Å². The monoisotopic (exact) mass is 269 g/mol. The van der Waals surface area contributed by atoms with Crippen molar-refractivity contribution < 1.29 is 15.0 Å². The molecule has 0 aliphatic rings. The van der Waals surface area contributed by atoms with Crippen LogP contribution in [-0.2, 0) is 0 Å². The molecule has 0 aliphatic heterocycles. The minimum Gasteiger partial charge on any atom is -0.396 e. The highest BCUT2D eigenvalue weighted by Crippen LogP contribution is 2.33. The first-order valence-corrected chi connectivity index (χ1v) is 5.84. The Kier molecular flexibility index (Phi) is 5.68. The van der Waals surface area contributed by atoms with Gasteiger partial charge in [0, 0.05) is 25.3 Å². The van der Waals surface area contributed by atoms with E-state index in [0.29, 0.717) is 19.4 Å². The van der Waals surface area contributed by atoms with Crippen molar-refractivity contribution in [2.75, 3.05) is 18.5 Å². The van der Waals surface area contributed by atoms with Gasteiger partial charge in [0.1, 0.15) is 0 Å². The summed E-state index contributed by atoms with van der Waals surface area (Å²) in [5.74, 6) is 0. The summed E-state index contributed by atoms with van der Waals surface area (Å²) in [7, 11) is 0. The van der Waals surface area contributed by atoms with E-state index in [1.165, 1.54) is 18.2 Å². The lowest BCUT2D eigenvalue weighted by Gasteiger charge is -2.07. The van der Waals surface area contributed by atoms with E-state index in [4.69, 9.17) is 5.11 Å². The van der Waals surface area contributed by atoms with E-state index in [0.717, 1.165) is 6.42 Å². The average Bonchev–Trinajstić information content (AvgIpc) is 2.38. The van der Waals surface area contributed by atoms with Gasteiger partial charge in [0.15, 0.2) is 5.69 Å². The van der Waals surface area contributed by atoms with Crippen LogP contribution >= 0.6 is 0 Å². The van der Waals surface area contributed by atoms with Gasteiger partial charge in [-0.2, -0.15) is 0 Å². The van der Waals surface area contributed by atoms with Crippen LogP contribution in [-0.4, -0.2) is 28.1 Å². The van der Waals surface area contributed by atoms with Gasteiger partial charge in [0.05, 0.1) is 9.85 Å². The molecule has 0 saturated carbocycles. The molecule has 0 aromatic heterocycles. The molecule has 0 amide bonds. The number of aliphatic hydroxyl groups excluding tert-OH is 1. The minimum absolute atomic E-state index is 0.0681. The summed E-state index contributed by atoms with van der Waals surface area (Å²) in [6.07, 6.45) is 2.06. The van der Waals surface area contributed by atoms with Gasteiger partial charge in [0.25, 0.3) is 11.4 Å². The molecule has 0 aliphatic carbocycles. The van der Waals surface area contributed by atoms with Crippen LogP contribution in [0.5, 0.6) is 0 Å². The molecule has 1 aromatic carbocycles. The van der Waals surface area contributed by atoms with Crippen LogP contribution in [0.15, 0.2) is 18.2 Å². The Labute approximate surface area is 109 Å². The highest BCUT2D eigenvalue weighted by Gasteiger charge is 2.23. The molecule has 0 bridgehead atoms. The lowest BCUT2D eigenvalue weighted by molar-refractivity contribution is -0.392. The van der Waals surface area contributed by atoms with Gasteiger partial charge in [-0.05, 0) is 25.3 Å². The number of nitro groups is 2. The fourth-order valence-electron chi connectivity index (χ4n) is 1.64. The molecule has 8 nitrogen and oxygen atoms in total. The topological polar surface area (TPSA) is 119 Å². The Morgan fingerprint density at radius 3 is 2.11 bits per heavy atom. The number of nitrogens with one attached hydrogen (secondary N) is 1. The summed E-state index contributed by atoms with van der Waals surface area (Å²) in [6.45, 7) is 0.470. The summed E-state index contributed by atoms with van der Waals surface area (Å²) < 4.78 is 0. The van der Waals surface area contributed by atoms with E-state index in [9.17, 15) is 20.2 Å². The molecule has 0 fully saturated rings. The lowest BCUT2D eigenvalue weighted by Crippen LogP contribution is -2.07. The second kappa shape index (κ2) is 7.27. The number of anilines is 1. The molecule has 1 rings (SSSR count). The molecule has 0 heterocycles. The lowest BCUT2D eigenvalue weighted by atomic mass is 10.2. The maximum Gasteiger partial charge on any atom is 0.299 e. The number of para-hydroxylation sites is 1. The second-order valence-electron chi connectivity index (χ2n) is 3.90. The summed E-state index contributed by atoms with van der Waals surface area (Å²) in [4.78, 5) is 20.4. The summed E-state index contributed by atoms with van der Waals surface area (Å²) in [6, 6.07) is 3.74. The van der Waals surface area contributed by atoms with Gasteiger partial charge in [-0.15, -0.1) is 0 Å². The summed E-state index contributed by atoms with van der Waals surface area (Å²) in [5.41, 5.74) is -0.686. The van der Waals surface area contributed by atoms with Crippen LogP contribution in [0.2, 0.25) is 0 Å². The zero-order valence-corrected chi connectivity index (χ0v) is 10.2. The summed E-state index contributed by atoms with van der Waals surface area (Å²) in [5, 5.41) is 33.0. The van der Waals surface area contributed by atoms with Crippen molar-refractivity contribution >= 4 is 17.1 Å². The molecule has 2 N–H and O–H groups in total. The number of nitro benzene ring substituents is 2. The SMILES string of the molecule is O=[N+]([O-])c1cccc([N+](=O)[O-])c1NCCCCCO. The second-order valence-corrected chi connectivity index (χ2v) is 3.90. The molecule has 8 heteroatoms. The Balaban J connectivity index is 2.83. The standard InChI is InChI=1S/C11H15N3O5/c15-8-3-1-2-7-12-11-9(13(16)17)5-4-6-10(11)14(18)19/h4-6,12,15H,1-3,7-8H2. The number of aliphatic hydroxyl groups is 1. The van der Waals surface area contributed by atoms with E-state index in [1.54, 1.807) is 0 Å². The van der Waals surface area contributed by atoms with Crippen molar-refractivity contribution in [1.29, 1.82) is 0 Å². The van der Waals surface area contributed by atoms with Crippen molar-refractivity contribution in [3.05, 3.63) is 38.4 Å². The van der Waals surface area contributed by atoms with Crippen LogP contribution in [0.4, 0.5) is 17.1 Å². The highest BCUT2D eigenvalue weighted by atomic mass is 16.6. The molecular formula is C11H15N3O5. The molecule has 0 radical (unpaired) electrons. The highest BCUT2D eigenvalue weighted by molar-refractivity contribution is 5.73. The fraction of sp³-hybridized carbons (Fsp3) is 0.455. The molecule has 104 valence electrons. The largest absolute Gasteiger partial charge is 0.396 e. The van der Waals surface area contributed by atoms with Gasteiger partial charge in [-0.1, -0.05) is 0 Å².